The van der Waals surface area contributed by atoms with Crippen molar-refractivity contribution < 1.29 is 5.11 Å². The first kappa shape index (κ1) is 18.3. The van der Waals surface area contributed by atoms with E-state index in [1.54, 1.807) is 6.20 Å². The van der Waals surface area contributed by atoms with Gasteiger partial charge >= 0.3 is 0 Å². The van der Waals surface area contributed by atoms with Gasteiger partial charge in [0.2, 0.25) is 5.95 Å². The molecular formula is C19H20BrN5O. The molecular weight excluding hydrogens is 394 g/mol. The average molecular weight is 414 g/mol. The second-order valence-electron chi connectivity index (χ2n) is 5.77. The molecule has 3 N–H and O–H groups in total. The molecule has 0 bridgehead atoms. The van der Waals surface area contributed by atoms with E-state index < -0.39 is 0 Å². The summed E-state index contributed by atoms with van der Waals surface area (Å²) in [6, 6.07) is 13.6. The van der Waals surface area contributed by atoms with E-state index in [-0.39, 0.29) is 6.61 Å². The third-order valence-corrected chi connectivity index (χ3v) is 4.59. The van der Waals surface area contributed by atoms with Crippen molar-refractivity contribution in [3.8, 4) is 11.4 Å². The molecule has 0 fully saturated rings. The van der Waals surface area contributed by atoms with Gasteiger partial charge in [0.1, 0.15) is 5.82 Å². The van der Waals surface area contributed by atoms with Crippen LogP contribution in [0.4, 0.5) is 17.5 Å². The average Bonchev–Trinajstić information content (AvgIpc) is 2.66. The van der Waals surface area contributed by atoms with E-state index in [1.165, 1.54) is 0 Å². The Balaban J connectivity index is 1.91. The molecule has 0 aliphatic carbocycles. The molecule has 3 aromatic rings. The quantitative estimate of drug-likeness (QED) is 0.504. The second kappa shape index (κ2) is 8.73. The minimum absolute atomic E-state index is 0.121. The summed E-state index contributed by atoms with van der Waals surface area (Å²) in [5, 5.41) is 15.4. The Morgan fingerprint density at radius 2 is 1.96 bits per heavy atom. The van der Waals surface area contributed by atoms with Gasteiger partial charge in [0, 0.05) is 35.6 Å². The number of benzene rings is 1. The number of aliphatic hydroxyl groups excluding tert-OH is 1. The molecule has 134 valence electrons. The molecule has 2 aromatic heterocycles. The summed E-state index contributed by atoms with van der Waals surface area (Å²) in [6.45, 7) is 2.76. The van der Waals surface area contributed by atoms with Gasteiger partial charge in [-0.2, -0.15) is 4.98 Å². The lowest BCUT2D eigenvalue weighted by molar-refractivity contribution is 0.292. The number of aliphatic hydroxyl groups is 1. The number of nitrogens with zero attached hydrogens (tertiary/aromatic N) is 3. The molecule has 0 aliphatic heterocycles. The van der Waals surface area contributed by atoms with E-state index in [2.05, 4.69) is 41.5 Å². The molecule has 26 heavy (non-hydrogen) atoms. The van der Waals surface area contributed by atoms with Crippen molar-refractivity contribution in [2.75, 3.05) is 23.8 Å². The smallest absolute Gasteiger partial charge is 0.225 e. The minimum Gasteiger partial charge on any atom is -0.396 e. The number of aromatic nitrogens is 3. The van der Waals surface area contributed by atoms with Gasteiger partial charge in [-0.3, -0.25) is 4.98 Å². The molecule has 6 nitrogen and oxygen atoms in total. The SMILES string of the molecule is Cc1cc(Nc2cc(-c3ccccn3)nc(NCCCO)n2)ccc1Br. The summed E-state index contributed by atoms with van der Waals surface area (Å²) >= 11 is 3.51. The number of nitrogens with one attached hydrogen (secondary N) is 2. The van der Waals surface area contributed by atoms with E-state index in [9.17, 15) is 0 Å². The lowest BCUT2D eigenvalue weighted by Crippen LogP contribution is -2.09. The van der Waals surface area contributed by atoms with Gasteiger partial charge < -0.3 is 15.7 Å². The molecule has 3 rings (SSSR count). The Kier molecular flexibility index (Phi) is 6.14. The van der Waals surface area contributed by atoms with Gasteiger partial charge in [0.05, 0.1) is 11.4 Å². The van der Waals surface area contributed by atoms with Gasteiger partial charge in [-0.15, -0.1) is 0 Å². The summed E-state index contributed by atoms with van der Waals surface area (Å²) in [5.74, 6) is 1.17. The highest BCUT2D eigenvalue weighted by atomic mass is 79.9. The first-order chi connectivity index (χ1) is 12.7. The van der Waals surface area contributed by atoms with Crippen molar-refractivity contribution >= 4 is 33.4 Å². The van der Waals surface area contributed by atoms with Crippen LogP contribution in [0.15, 0.2) is 53.1 Å². The van der Waals surface area contributed by atoms with E-state index in [1.807, 2.05) is 49.4 Å². The Hall–Kier alpha value is -2.51. The fraction of sp³-hybridized carbons (Fsp3) is 0.211. The molecule has 0 amide bonds. The number of halogens is 1. The van der Waals surface area contributed by atoms with Crippen molar-refractivity contribution in [2.24, 2.45) is 0 Å². The number of rotatable bonds is 7. The molecule has 0 atom stereocenters. The fourth-order valence-corrected chi connectivity index (χ4v) is 2.63. The second-order valence-corrected chi connectivity index (χ2v) is 6.62. The summed E-state index contributed by atoms with van der Waals surface area (Å²) in [7, 11) is 0. The number of hydrogen-bond acceptors (Lipinski definition) is 6. The highest BCUT2D eigenvalue weighted by Crippen LogP contribution is 2.25. The third kappa shape index (κ3) is 4.77. The van der Waals surface area contributed by atoms with E-state index >= 15 is 0 Å². The van der Waals surface area contributed by atoms with E-state index in [0.29, 0.717) is 24.7 Å². The standard InChI is InChI=1S/C19H20BrN5O/c1-13-11-14(6-7-15(13)20)23-18-12-17(16-5-2-3-8-21-16)24-19(25-18)22-9-4-10-26/h2-3,5-8,11-12,26H,4,9-10H2,1H3,(H2,22,23,24,25). The van der Waals surface area contributed by atoms with Crippen LogP contribution in [0.5, 0.6) is 0 Å². The predicted octanol–water partition coefficient (Wildman–Crippen LogP) is 4.15. The molecule has 0 saturated carbocycles. The van der Waals surface area contributed by atoms with Crippen LogP contribution in [0.3, 0.4) is 0 Å². The number of pyridine rings is 1. The zero-order valence-corrected chi connectivity index (χ0v) is 16.0. The summed E-state index contributed by atoms with van der Waals surface area (Å²) in [4.78, 5) is 13.4. The van der Waals surface area contributed by atoms with Crippen LogP contribution in [-0.4, -0.2) is 33.2 Å². The van der Waals surface area contributed by atoms with Gasteiger partial charge in [-0.05, 0) is 49.2 Å². The van der Waals surface area contributed by atoms with Crippen LogP contribution < -0.4 is 10.6 Å². The number of anilines is 3. The molecule has 1 aromatic carbocycles. The maximum atomic E-state index is 8.97. The summed E-state index contributed by atoms with van der Waals surface area (Å²) in [5.41, 5.74) is 3.58. The monoisotopic (exact) mass is 413 g/mol. The molecule has 0 aliphatic rings. The van der Waals surface area contributed by atoms with Gasteiger partial charge in [0.15, 0.2) is 0 Å². The zero-order valence-electron chi connectivity index (χ0n) is 14.4. The fourth-order valence-electron chi connectivity index (χ4n) is 2.39. The summed E-state index contributed by atoms with van der Waals surface area (Å²) < 4.78 is 1.06. The van der Waals surface area contributed by atoms with Crippen molar-refractivity contribution in [3.05, 3.63) is 58.7 Å². The van der Waals surface area contributed by atoms with Crippen LogP contribution >= 0.6 is 15.9 Å². The maximum Gasteiger partial charge on any atom is 0.225 e. The largest absolute Gasteiger partial charge is 0.396 e. The van der Waals surface area contributed by atoms with Crippen LogP contribution in [0.1, 0.15) is 12.0 Å². The molecule has 0 unspecified atom stereocenters. The van der Waals surface area contributed by atoms with Crippen molar-refractivity contribution in [3.63, 3.8) is 0 Å². The Morgan fingerprint density at radius 3 is 2.69 bits per heavy atom. The predicted molar refractivity (Wildman–Crippen MR) is 108 cm³/mol. The number of aryl methyl sites for hydroxylation is 1. The lowest BCUT2D eigenvalue weighted by Gasteiger charge is -2.12. The van der Waals surface area contributed by atoms with Crippen LogP contribution in [-0.2, 0) is 0 Å². The normalized spacial score (nSPS) is 10.6. The van der Waals surface area contributed by atoms with Crippen molar-refractivity contribution in [1.29, 1.82) is 0 Å². The van der Waals surface area contributed by atoms with Crippen molar-refractivity contribution in [1.82, 2.24) is 15.0 Å². The molecule has 7 heteroatoms. The Bertz CT molecular complexity index is 873. The molecule has 0 spiro atoms. The van der Waals surface area contributed by atoms with Gasteiger partial charge in [-0.1, -0.05) is 22.0 Å². The van der Waals surface area contributed by atoms with Crippen LogP contribution in [0, 0.1) is 6.92 Å². The first-order valence-corrected chi connectivity index (χ1v) is 9.13. The summed E-state index contributed by atoms with van der Waals surface area (Å²) in [6.07, 6.45) is 2.37. The first-order valence-electron chi connectivity index (χ1n) is 8.34. The Labute approximate surface area is 160 Å². The minimum atomic E-state index is 0.121. The topological polar surface area (TPSA) is 83.0 Å². The molecule has 0 saturated heterocycles. The zero-order chi connectivity index (χ0) is 18.4. The maximum absolute atomic E-state index is 8.97. The Morgan fingerprint density at radius 1 is 1.08 bits per heavy atom. The van der Waals surface area contributed by atoms with Crippen molar-refractivity contribution in [2.45, 2.75) is 13.3 Å². The van der Waals surface area contributed by atoms with E-state index in [0.717, 1.165) is 27.1 Å². The lowest BCUT2D eigenvalue weighted by atomic mass is 10.2. The van der Waals surface area contributed by atoms with E-state index in [4.69, 9.17) is 5.11 Å². The third-order valence-electron chi connectivity index (χ3n) is 3.70. The highest BCUT2D eigenvalue weighted by Gasteiger charge is 2.08. The van der Waals surface area contributed by atoms with Crippen LogP contribution in [0.2, 0.25) is 0 Å². The van der Waals surface area contributed by atoms with Crippen LogP contribution in [0.25, 0.3) is 11.4 Å². The van der Waals surface area contributed by atoms with Gasteiger partial charge in [-0.25, -0.2) is 4.98 Å². The highest BCUT2D eigenvalue weighted by molar-refractivity contribution is 9.10. The number of hydrogen-bond donors (Lipinski definition) is 3. The van der Waals surface area contributed by atoms with Gasteiger partial charge in [0.25, 0.3) is 0 Å². The molecule has 0 radical (unpaired) electrons. The molecule has 2 heterocycles.